The number of nitrogens with one attached hydrogen (secondary N) is 1. The molecule has 0 radical (unpaired) electrons. The predicted octanol–water partition coefficient (Wildman–Crippen LogP) is 1.28. The maximum Gasteiger partial charge on any atom is 0.134 e. The van der Waals surface area contributed by atoms with Gasteiger partial charge in [0.2, 0.25) is 0 Å². The van der Waals surface area contributed by atoms with Crippen LogP contribution in [0, 0.1) is 0 Å². The molecule has 18 heavy (non-hydrogen) atoms. The monoisotopic (exact) mass is 246 g/mol. The van der Waals surface area contributed by atoms with E-state index in [4.69, 9.17) is 0 Å². The van der Waals surface area contributed by atoms with Crippen molar-refractivity contribution < 1.29 is 0 Å². The molecule has 0 aliphatic heterocycles. The van der Waals surface area contributed by atoms with Crippen molar-refractivity contribution >= 4 is 11.6 Å². The van der Waals surface area contributed by atoms with Crippen molar-refractivity contribution in [3.63, 3.8) is 0 Å². The summed E-state index contributed by atoms with van der Waals surface area (Å²) in [5.41, 5.74) is 0. The number of imidazole rings is 1. The van der Waals surface area contributed by atoms with E-state index in [9.17, 15) is 0 Å². The van der Waals surface area contributed by atoms with Crippen LogP contribution in [0.2, 0.25) is 0 Å². The molecule has 0 saturated carbocycles. The first kappa shape index (κ1) is 12.3. The number of nitrogens with zero attached hydrogens (tertiary/aromatic N) is 5. The second-order valence-electron chi connectivity index (χ2n) is 4.10. The van der Waals surface area contributed by atoms with E-state index in [1.807, 2.05) is 42.7 Å². The molecule has 0 saturated heterocycles. The van der Waals surface area contributed by atoms with Gasteiger partial charge in [-0.1, -0.05) is 0 Å². The minimum absolute atomic E-state index is 0.714. The van der Waals surface area contributed by atoms with Gasteiger partial charge in [0.1, 0.15) is 23.8 Å². The molecular formula is C12H18N6. The van der Waals surface area contributed by atoms with Gasteiger partial charge in [0.15, 0.2) is 0 Å². The van der Waals surface area contributed by atoms with Gasteiger partial charge in [-0.3, -0.25) is 0 Å². The standard InChI is InChI=1S/C12H18N6/c1-4-13-10-7-11(16-9-15-10)18(3)8-12-14-5-6-17(12)2/h5-7,9H,4,8H2,1-3H3,(H,13,15,16). The van der Waals surface area contributed by atoms with Gasteiger partial charge < -0.3 is 14.8 Å². The summed E-state index contributed by atoms with van der Waals surface area (Å²) in [5, 5.41) is 3.17. The Bertz CT molecular complexity index is 507. The molecule has 6 nitrogen and oxygen atoms in total. The predicted molar refractivity (Wildman–Crippen MR) is 71.5 cm³/mol. The Kier molecular flexibility index (Phi) is 3.76. The summed E-state index contributed by atoms with van der Waals surface area (Å²) < 4.78 is 2.00. The van der Waals surface area contributed by atoms with Crippen LogP contribution in [0.5, 0.6) is 0 Å². The van der Waals surface area contributed by atoms with E-state index in [-0.39, 0.29) is 0 Å². The van der Waals surface area contributed by atoms with Gasteiger partial charge in [-0.25, -0.2) is 15.0 Å². The van der Waals surface area contributed by atoms with E-state index in [1.54, 1.807) is 12.5 Å². The van der Waals surface area contributed by atoms with Crippen molar-refractivity contribution in [1.82, 2.24) is 19.5 Å². The zero-order valence-electron chi connectivity index (χ0n) is 11.0. The van der Waals surface area contributed by atoms with Gasteiger partial charge >= 0.3 is 0 Å². The Morgan fingerprint density at radius 2 is 2.17 bits per heavy atom. The second-order valence-corrected chi connectivity index (χ2v) is 4.10. The summed E-state index contributed by atoms with van der Waals surface area (Å²) >= 11 is 0. The quantitative estimate of drug-likeness (QED) is 0.861. The van der Waals surface area contributed by atoms with E-state index in [0.29, 0.717) is 6.54 Å². The number of aryl methyl sites for hydroxylation is 1. The summed E-state index contributed by atoms with van der Waals surface area (Å²) in [4.78, 5) is 14.8. The average molecular weight is 246 g/mol. The van der Waals surface area contributed by atoms with Gasteiger partial charge in [-0.05, 0) is 6.92 Å². The third kappa shape index (κ3) is 2.77. The summed E-state index contributed by atoms with van der Waals surface area (Å²) in [6.45, 7) is 3.60. The number of hydrogen-bond acceptors (Lipinski definition) is 5. The van der Waals surface area contributed by atoms with Crippen molar-refractivity contribution in [3.05, 3.63) is 30.6 Å². The van der Waals surface area contributed by atoms with E-state index < -0.39 is 0 Å². The highest BCUT2D eigenvalue weighted by Gasteiger charge is 2.07. The van der Waals surface area contributed by atoms with Crippen LogP contribution in [0.25, 0.3) is 0 Å². The highest BCUT2D eigenvalue weighted by Crippen LogP contribution is 2.14. The zero-order valence-corrected chi connectivity index (χ0v) is 11.0. The van der Waals surface area contributed by atoms with Gasteiger partial charge in [-0.2, -0.15) is 0 Å². The van der Waals surface area contributed by atoms with Crippen molar-refractivity contribution in [2.24, 2.45) is 7.05 Å². The lowest BCUT2D eigenvalue weighted by atomic mass is 10.4. The molecular weight excluding hydrogens is 228 g/mol. The fourth-order valence-corrected chi connectivity index (χ4v) is 1.68. The number of hydrogen-bond donors (Lipinski definition) is 1. The first-order chi connectivity index (χ1) is 8.70. The summed E-state index contributed by atoms with van der Waals surface area (Å²) in [6.07, 6.45) is 5.31. The average Bonchev–Trinajstić information content (AvgIpc) is 2.76. The zero-order chi connectivity index (χ0) is 13.0. The van der Waals surface area contributed by atoms with Crippen LogP contribution in [0.15, 0.2) is 24.8 Å². The SMILES string of the molecule is CCNc1cc(N(C)Cc2nccn2C)ncn1. The van der Waals surface area contributed by atoms with Gasteiger partial charge in [-0.15, -0.1) is 0 Å². The molecule has 0 atom stereocenters. The summed E-state index contributed by atoms with van der Waals surface area (Å²) in [5.74, 6) is 2.72. The molecule has 2 heterocycles. The van der Waals surface area contributed by atoms with Gasteiger partial charge in [0.25, 0.3) is 0 Å². The fraction of sp³-hybridized carbons (Fsp3) is 0.417. The Morgan fingerprint density at radius 3 is 2.83 bits per heavy atom. The third-order valence-electron chi connectivity index (χ3n) is 2.70. The Labute approximate surface area is 107 Å². The van der Waals surface area contributed by atoms with E-state index in [1.165, 1.54) is 0 Å². The maximum absolute atomic E-state index is 4.30. The molecule has 96 valence electrons. The maximum atomic E-state index is 4.30. The molecule has 0 unspecified atom stereocenters. The number of anilines is 2. The molecule has 0 aliphatic carbocycles. The Hall–Kier alpha value is -2.11. The lowest BCUT2D eigenvalue weighted by Gasteiger charge is -2.18. The molecule has 6 heteroatoms. The van der Waals surface area contributed by atoms with Crippen LogP contribution in [-0.2, 0) is 13.6 Å². The van der Waals surface area contributed by atoms with Crippen LogP contribution in [0.4, 0.5) is 11.6 Å². The fourth-order valence-electron chi connectivity index (χ4n) is 1.68. The van der Waals surface area contributed by atoms with E-state index in [0.717, 1.165) is 24.0 Å². The molecule has 0 amide bonds. The van der Waals surface area contributed by atoms with Crippen molar-refractivity contribution in [1.29, 1.82) is 0 Å². The van der Waals surface area contributed by atoms with Crippen LogP contribution >= 0.6 is 0 Å². The molecule has 1 N–H and O–H groups in total. The summed E-state index contributed by atoms with van der Waals surface area (Å²) in [7, 11) is 3.98. The van der Waals surface area contributed by atoms with Crippen LogP contribution in [0.1, 0.15) is 12.7 Å². The number of aromatic nitrogens is 4. The number of rotatable bonds is 5. The van der Waals surface area contributed by atoms with Gasteiger partial charge in [0, 0.05) is 39.1 Å². The minimum atomic E-state index is 0.714. The molecule has 0 spiro atoms. The molecule has 0 fully saturated rings. The Balaban J connectivity index is 2.11. The highest BCUT2D eigenvalue weighted by atomic mass is 15.2. The van der Waals surface area contributed by atoms with Crippen LogP contribution in [0.3, 0.4) is 0 Å². The van der Waals surface area contributed by atoms with Crippen molar-refractivity contribution in [3.8, 4) is 0 Å². The normalized spacial score (nSPS) is 10.4. The van der Waals surface area contributed by atoms with Crippen molar-refractivity contribution in [2.45, 2.75) is 13.5 Å². The molecule has 0 bridgehead atoms. The van der Waals surface area contributed by atoms with Crippen LogP contribution in [-0.4, -0.2) is 33.1 Å². The van der Waals surface area contributed by atoms with Crippen molar-refractivity contribution in [2.75, 3.05) is 23.8 Å². The molecule has 0 aromatic carbocycles. The van der Waals surface area contributed by atoms with E-state index in [2.05, 4.69) is 20.3 Å². The molecule has 0 aliphatic rings. The highest BCUT2D eigenvalue weighted by molar-refractivity contribution is 5.47. The van der Waals surface area contributed by atoms with E-state index >= 15 is 0 Å². The lowest BCUT2D eigenvalue weighted by molar-refractivity contribution is 0.754. The molecule has 2 aromatic heterocycles. The third-order valence-corrected chi connectivity index (χ3v) is 2.70. The molecule has 2 rings (SSSR count). The van der Waals surface area contributed by atoms with Crippen LogP contribution < -0.4 is 10.2 Å². The lowest BCUT2D eigenvalue weighted by Crippen LogP contribution is -2.20. The summed E-state index contributed by atoms with van der Waals surface area (Å²) in [6, 6.07) is 1.94. The Morgan fingerprint density at radius 1 is 1.33 bits per heavy atom. The second kappa shape index (κ2) is 5.48. The molecule has 2 aromatic rings. The minimum Gasteiger partial charge on any atom is -0.370 e. The smallest absolute Gasteiger partial charge is 0.134 e. The first-order valence-electron chi connectivity index (χ1n) is 5.94. The van der Waals surface area contributed by atoms with Gasteiger partial charge in [0.05, 0.1) is 6.54 Å². The first-order valence-corrected chi connectivity index (χ1v) is 5.94. The topological polar surface area (TPSA) is 58.9 Å². The largest absolute Gasteiger partial charge is 0.370 e.